The van der Waals surface area contributed by atoms with E-state index in [1.165, 1.54) is 0 Å². The second-order valence-electron chi connectivity index (χ2n) is 7.23. The van der Waals surface area contributed by atoms with E-state index in [1.54, 1.807) is 19.2 Å². The van der Waals surface area contributed by atoms with Gasteiger partial charge in [0.2, 0.25) is 11.8 Å². The van der Waals surface area contributed by atoms with Gasteiger partial charge in [-0.05, 0) is 47.7 Å². The Kier molecular flexibility index (Phi) is 7.99. The predicted molar refractivity (Wildman–Crippen MR) is 114 cm³/mol. The highest BCUT2D eigenvalue weighted by Crippen LogP contribution is 2.21. The number of Topliss-reactive ketones (excluding diaryl/α,β-unsaturated/α-hetero) is 1. The molecule has 0 radical (unpaired) electrons. The highest BCUT2D eigenvalue weighted by Gasteiger charge is 2.19. The lowest BCUT2D eigenvalue weighted by Gasteiger charge is -2.15. The van der Waals surface area contributed by atoms with Crippen molar-refractivity contribution in [1.82, 2.24) is 10.2 Å². The number of ketones is 1. The average Bonchev–Trinajstić information content (AvgIpc) is 3.17. The zero-order valence-electron chi connectivity index (χ0n) is 16.9. The number of aliphatic hydroxyl groups excluding tert-OH is 1. The fourth-order valence-corrected chi connectivity index (χ4v) is 3.48. The molecule has 158 valence electrons. The topological polar surface area (TPSA) is 85.5 Å². The van der Waals surface area contributed by atoms with Gasteiger partial charge >= 0.3 is 0 Å². The van der Waals surface area contributed by atoms with Crippen LogP contribution in [0.3, 0.4) is 0 Å². The quantitative estimate of drug-likeness (QED) is 0.499. The van der Waals surface area contributed by atoms with Gasteiger partial charge in [-0.15, -0.1) is 10.2 Å². The van der Waals surface area contributed by atoms with Crippen molar-refractivity contribution in [2.24, 2.45) is 5.92 Å². The molecule has 3 aromatic rings. The third-order valence-electron chi connectivity index (χ3n) is 4.81. The van der Waals surface area contributed by atoms with Crippen molar-refractivity contribution in [3.8, 4) is 5.75 Å². The molecule has 0 spiro atoms. The normalized spacial score (nSPS) is 12.0. The number of benzene rings is 2. The summed E-state index contributed by atoms with van der Waals surface area (Å²) < 4.78 is 10.8. The lowest BCUT2D eigenvalue weighted by Crippen LogP contribution is -2.16. The molecule has 30 heavy (non-hydrogen) atoms. The van der Waals surface area contributed by atoms with Crippen LogP contribution in [0.15, 0.2) is 52.9 Å². The standard InChI is InChI=1S/C23H25ClN2O4/c1-29-21-8-4-16(5-9-21)12-18(15-23-26-25-22(30-23)10-11-27)14-20(28)13-17-2-6-19(24)7-3-17/h2-9,18,27H,10-15H2,1H3/t18-/m1/s1. The lowest BCUT2D eigenvalue weighted by molar-refractivity contribution is -0.119. The van der Waals surface area contributed by atoms with E-state index in [-0.39, 0.29) is 18.3 Å². The Hall–Kier alpha value is -2.70. The molecular weight excluding hydrogens is 404 g/mol. The molecule has 0 saturated carbocycles. The van der Waals surface area contributed by atoms with Crippen LogP contribution in [0.2, 0.25) is 5.02 Å². The number of ether oxygens (including phenoxy) is 1. The molecule has 0 aliphatic rings. The number of carbonyl (C=O) groups excluding carboxylic acids is 1. The Morgan fingerprint density at radius 3 is 2.37 bits per heavy atom. The van der Waals surface area contributed by atoms with Gasteiger partial charge in [0, 0.05) is 30.7 Å². The molecule has 0 bridgehead atoms. The molecule has 1 aromatic heterocycles. The maximum absolute atomic E-state index is 12.7. The molecule has 2 aromatic carbocycles. The van der Waals surface area contributed by atoms with E-state index in [4.69, 9.17) is 25.9 Å². The largest absolute Gasteiger partial charge is 0.497 e. The van der Waals surface area contributed by atoms with Crippen LogP contribution < -0.4 is 4.74 Å². The van der Waals surface area contributed by atoms with Crippen LogP contribution >= 0.6 is 11.6 Å². The van der Waals surface area contributed by atoms with Crippen LogP contribution in [-0.4, -0.2) is 34.8 Å². The minimum absolute atomic E-state index is 0.0145. The zero-order valence-corrected chi connectivity index (χ0v) is 17.6. The summed E-state index contributed by atoms with van der Waals surface area (Å²) in [5, 5.41) is 17.7. The number of methoxy groups -OCH3 is 1. The molecule has 0 aliphatic heterocycles. The number of aliphatic hydroxyl groups is 1. The smallest absolute Gasteiger partial charge is 0.218 e. The van der Waals surface area contributed by atoms with Gasteiger partial charge in [-0.2, -0.15) is 0 Å². The summed E-state index contributed by atoms with van der Waals surface area (Å²) in [7, 11) is 1.63. The molecule has 6 nitrogen and oxygen atoms in total. The summed E-state index contributed by atoms with van der Waals surface area (Å²) >= 11 is 5.93. The highest BCUT2D eigenvalue weighted by molar-refractivity contribution is 6.30. The minimum atomic E-state index is -0.0452. The van der Waals surface area contributed by atoms with E-state index in [2.05, 4.69) is 10.2 Å². The van der Waals surface area contributed by atoms with E-state index < -0.39 is 0 Å². The van der Waals surface area contributed by atoms with E-state index in [9.17, 15) is 4.79 Å². The van der Waals surface area contributed by atoms with Gasteiger partial charge in [-0.3, -0.25) is 4.79 Å². The van der Waals surface area contributed by atoms with Gasteiger partial charge in [0.05, 0.1) is 13.7 Å². The van der Waals surface area contributed by atoms with Crippen molar-refractivity contribution in [3.05, 3.63) is 76.5 Å². The van der Waals surface area contributed by atoms with Crippen LogP contribution in [0.5, 0.6) is 5.75 Å². The summed E-state index contributed by atoms with van der Waals surface area (Å²) in [6.07, 6.45) is 2.28. The van der Waals surface area contributed by atoms with E-state index in [1.807, 2.05) is 36.4 Å². The van der Waals surface area contributed by atoms with Crippen LogP contribution in [0.1, 0.15) is 29.3 Å². The first kappa shape index (κ1) is 22.0. The second kappa shape index (κ2) is 10.9. The van der Waals surface area contributed by atoms with E-state index >= 15 is 0 Å². The van der Waals surface area contributed by atoms with Gasteiger partial charge < -0.3 is 14.3 Å². The van der Waals surface area contributed by atoms with E-state index in [0.717, 1.165) is 16.9 Å². The summed E-state index contributed by atoms with van der Waals surface area (Å²) in [6.45, 7) is -0.0452. The molecule has 7 heteroatoms. The molecule has 1 heterocycles. The zero-order chi connectivity index (χ0) is 21.3. The molecule has 0 fully saturated rings. The van der Waals surface area contributed by atoms with Crippen LogP contribution in [0.25, 0.3) is 0 Å². The lowest BCUT2D eigenvalue weighted by atomic mass is 9.90. The second-order valence-corrected chi connectivity index (χ2v) is 7.67. The number of halogens is 1. The Bertz CT molecular complexity index is 939. The minimum Gasteiger partial charge on any atom is -0.497 e. The Labute approximate surface area is 180 Å². The van der Waals surface area contributed by atoms with Gasteiger partial charge in [0.15, 0.2) is 0 Å². The van der Waals surface area contributed by atoms with E-state index in [0.29, 0.717) is 48.9 Å². The first-order chi connectivity index (χ1) is 14.6. The number of hydrogen-bond acceptors (Lipinski definition) is 6. The molecule has 0 saturated heterocycles. The molecule has 1 atom stereocenters. The first-order valence-electron chi connectivity index (χ1n) is 9.87. The monoisotopic (exact) mass is 428 g/mol. The van der Waals surface area contributed by atoms with Gasteiger partial charge in [0.1, 0.15) is 11.5 Å². The number of rotatable bonds is 11. The number of hydrogen-bond donors (Lipinski definition) is 1. The molecule has 0 aliphatic carbocycles. The summed E-state index contributed by atoms with van der Waals surface area (Å²) in [4.78, 5) is 12.7. The van der Waals surface area contributed by atoms with Gasteiger partial charge in [-0.25, -0.2) is 0 Å². The fraction of sp³-hybridized carbons (Fsp3) is 0.348. The SMILES string of the molecule is COc1ccc(C[C@H](CC(=O)Cc2ccc(Cl)cc2)Cc2nnc(CCO)o2)cc1. The van der Waals surface area contributed by atoms with Crippen molar-refractivity contribution < 1.29 is 19.1 Å². The van der Waals surface area contributed by atoms with Crippen LogP contribution in [0.4, 0.5) is 0 Å². The number of carbonyl (C=O) groups is 1. The maximum atomic E-state index is 12.7. The number of nitrogens with zero attached hydrogens (tertiary/aromatic N) is 2. The molecular formula is C23H25ClN2O4. The molecule has 1 N–H and O–H groups in total. The third kappa shape index (κ3) is 6.68. The highest BCUT2D eigenvalue weighted by atomic mass is 35.5. The Morgan fingerprint density at radius 2 is 1.70 bits per heavy atom. The van der Waals surface area contributed by atoms with Crippen LogP contribution in [0, 0.1) is 5.92 Å². The maximum Gasteiger partial charge on any atom is 0.218 e. The van der Waals surface area contributed by atoms with Crippen molar-refractivity contribution in [1.29, 1.82) is 0 Å². The molecule has 3 rings (SSSR count). The summed E-state index contributed by atoms with van der Waals surface area (Å²) in [5.74, 6) is 1.84. The average molecular weight is 429 g/mol. The Balaban J connectivity index is 1.69. The van der Waals surface area contributed by atoms with Crippen molar-refractivity contribution in [2.45, 2.75) is 32.1 Å². The third-order valence-corrected chi connectivity index (χ3v) is 5.06. The Morgan fingerprint density at radius 1 is 1.03 bits per heavy atom. The van der Waals surface area contributed by atoms with Crippen molar-refractivity contribution in [2.75, 3.05) is 13.7 Å². The van der Waals surface area contributed by atoms with Crippen LogP contribution in [-0.2, 0) is 30.5 Å². The van der Waals surface area contributed by atoms with Crippen molar-refractivity contribution in [3.63, 3.8) is 0 Å². The van der Waals surface area contributed by atoms with Crippen molar-refractivity contribution >= 4 is 17.4 Å². The molecule has 0 amide bonds. The summed E-state index contributed by atoms with van der Waals surface area (Å²) in [6, 6.07) is 15.2. The van der Waals surface area contributed by atoms with Gasteiger partial charge in [0.25, 0.3) is 0 Å². The number of aromatic nitrogens is 2. The summed E-state index contributed by atoms with van der Waals surface area (Å²) in [5.41, 5.74) is 2.05. The predicted octanol–water partition coefficient (Wildman–Crippen LogP) is 3.87. The fourth-order valence-electron chi connectivity index (χ4n) is 3.35. The molecule has 0 unspecified atom stereocenters. The van der Waals surface area contributed by atoms with Gasteiger partial charge in [-0.1, -0.05) is 35.9 Å². The first-order valence-corrected chi connectivity index (χ1v) is 10.2.